The number of carbonyl (C=O) groups is 3. The molecule has 1 aromatic rings. The van der Waals surface area contributed by atoms with E-state index in [-0.39, 0.29) is 13.0 Å². The molecule has 1 rings (SSSR count). The third-order valence-corrected chi connectivity index (χ3v) is 3.39. The van der Waals surface area contributed by atoms with E-state index in [1.807, 2.05) is 30.3 Å². The summed E-state index contributed by atoms with van der Waals surface area (Å²) in [6, 6.07) is 8.28. The molecule has 0 bridgehead atoms. The zero-order valence-electron chi connectivity index (χ0n) is 16.0. The van der Waals surface area contributed by atoms with Gasteiger partial charge in [0.1, 0.15) is 18.2 Å². The van der Waals surface area contributed by atoms with Crippen LogP contribution in [0.5, 0.6) is 0 Å². The summed E-state index contributed by atoms with van der Waals surface area (Å²) in [4.78, 5) is 34.5. The molecular weight excluding hydrogens is 352 g/mol. The van der Waals surface area contributed by atoms with Crippen molar-refractivity contribution in [2.24, 2.45) is 0 Å². The first-order chi connectivity index (χ1) is 12.7. The average Bonchev–Trinajstić information content (AvgIpc) is 2.57. The highest BCUT2D eigenvalue weighted by Crippen LogP contribution is 2.08. The molecule has 0 aliphatic heterocycles. The van der Waals surface area contributed by atoms with Gasteiger partial charge < -0.3 is 25.2 Å². The number of unbranched alkanes of at least 4 members (excludes halogenated alkanes) is 1. The molecule has 8 heteroatoms. The van der Waals surface area contributed by atoms with Gasteiger partial charge in [-0.05, 0) is 45.6 Å². The molecule has 1 atom stereocenters. The Hall–Kier alpha value is -2.77. The Balaban J connectivity index is 2.21. The van der Waals surface area contributed by atoms with Crippen molar-refractivity contribution in [3.63, 3.8) is 0 Å². The number of amides is 2. The van der Waals surface area contributed by atoms with Gasteiger partial charge in [0.2, 0.25) is 0 Å². The van der Waals surface area contributed by atoms with Crippen LogP contribution in [0.2, 0.25) is 0 Å². The highest BCUT2D eigenvalue weighted by Gasteiger charge is 2.23. The number of benzene rings is 1. The topological polar surface area (TPSA) is 114 Å². The lowest BCUT2D eigenvalue weighted by molar-refractivity contribution is -0.139. The molecule has 1 aromatic carbocycles. The number of nitrogens with one attached hydrogen (secondary N) is 2. The summed E-state index contributed by atoms with van der Waals surface area (Å²) in [5.41, 5.74) is 0.196. The predicted molar refractivity (Wildman–Crippen MR) is 99.3 cm³/mol. The van der Waals surface area contributed by atoms with E-state index in [1.54, 1.807) is 20.8 Å². The number of carboxylic acids is 1. The van der Waals surface area contributed by atoms with Gasteiger partial charge in [0.15, 0.2) is 0 Å². The Morgan fingerprint density at radius 2 is 1.74 bits per heavy atom. The first kappa shape index (κ1) is 22.3. The van der Waals surface area contributed by atoms with Gasteiger partial charge in [-0.25, -0.2) is 14.4 Å². The Labute approximate surface area is 159 Å². The van der Waals surface area contributed by atoms with Gasteiger partial charge in [0, 0.05) is 6.54 Å². The molecule has 0 saturated carbocycles. The number of hydrogen-bond donors (Lipinski definition) is 3. The normalized spacial score (nSPS) is 12.0. The molecule has 27 heavy (non-hydrogen) atoms. The fourth-order valence-electron chi connectivity index (χ4n) is 2.15. The van der Waals surface area contributed by atoms with Crippen LogP contribution in [-0.2, 0) is 20.9 Å². The number of ether oxygens (including phenoxy) is 2. The van der Waals surface area contributed by atoms with E-state index in [0.717, 1.165) is 5.56 Å². The summed E-state index contributed by atoms with van der Waals surface area (Å²) in [5, 5.41) is 14.1. The van der Waals surface area contributed by atoms with Gasteiger partial charge in [-0.1, -0.05) is 30.3 Å². The maximum absolute atomic E-state index is 11.7. The second kappa shape index (κ2) is 11.1. The molecule has 0 spiro atoms. The third kappa shape index (κ3) is 10.7. The number of carbonyl (C=O) groups excluding carboxylic acids is 2. The second-order valence-corrected chi connectivity index (χ2v) is 7.02. The lowest BCUT2D eigenvalue weighted by Crippen LogP contribution is -2.43. The highest BCUT2D eigenvalue weighted by molar-refractivity contribution is 5.79. The molecule has 0 aromatic heterocycles. The van der Waals surface area contributed by atoms with Crippen molar-refractivity contribution in [1.82, 2.24) is 10.6 Å². The van der Waals surface area contributed by atoms with E-state index in [4.69, 9.17) is 9.47 Å². The van der Waals surface area contributed by atoms with Gasteiger partial charge in [-0.3, -0.25) is 0 Å². The quantitative estimate of drug-likeness (QED) is 0.567. The van der Waals surface area contributed by atoms with E-state index in [1.165, 1.54) is 0 Å². The third-order valence-electron chi connectivity index (χ3n) is 3.39. The maximum atomic E-state index is 11.7. The van der Waals surface area contributed by atoms with Crippen molar-refractivity contribution >= 4 is 18.2 Å². The summed E-state index contributed by atoms with van der Waals surface area (Å²) >= 11 is 0. The molecule has 150 valence electrons. The first-order valence-electron chi connectivity index (χ1n) is 8.84. The zero-order valence-corrected chi connectivity index (χ0v) is 16.0. The molecule has 0 aliphatic carbocycles. The van der Waals surface area contributed by atoms with Crippen molar-refractivity contribution in [2.75, 3.05) is 6.54 Å². The molecule has 0 radical (unpaired) electrons. The van der Waals surface area contributed by atoms with E-state index in [2.05, 4.69) is 10.6 Å². The fourth-order valence-corrected chi connectivity index (χ4v) is 2.15. The van der Waals surface area contributed by atoms with Crippen molar-refractivity contribution < 1.29 is 29.0 Å². The van der Waals surface area contributed by atoms with Crippen LogP contribution in [0.3, 0.4) is 0 Å². The van der Waals surface area contributed by atoms with Crippen molar-refractivity contribution in [2.45, 2.75) is 58.3 Å². The minimum absolute atomic E-state index is 0.188. The molecule has 0 fully saturated rings. The number of carboxylic acid groups (broad SMARTS) is 1. The highest BCUT2D eigenvalue weighted by atomic mass is 16.6. The predicted octanol–water partition coefficient (Wildman–Crippen LogP) is 3.06. The molecule has 0 saturated heterocycles. The number of hydrogen-bond acceptors (Lipinski definition) is 5. The van der Waals surface area contributed by atoms with Crippen LogP contribution in [0.15, 0.2) is 30.3 Å². The zero-order chi connectivity index (χ0) is 20.3. The SMILES string of the molecule is CC(C)(C)OC(=O)N[C@H](CCCCNC(=O)OCc1ccccc1)C(=O)O. The van der Waals surface area contributed by atoms with Crippen molar-refractivity contribution in [1.29, 1.82) is 0 Å². The van der Waals surface area contributed by atoms with Crippen LogP contribution < -0.4 is 10.6 Å². The Bertz CT molecular complexity index is 612. The lowest BCUT2D eigenvalue weighted by Gasteiger charge is -2.22. The smallest absolute Gasteiger partial charge is 0.408 e. The fraction of sp³-hybridized carbons (Fsp3) is 0.526. The largest absolute Gasteiger partial charge is 0.480 e. The van der Waals surface area contributed by atoms with E-state index >= 15 is 0 Å². The summed E-state index contributed by atoms with van der Waals surface area (Å²) in [6.07, 6.45) is -0.000568. The van der Waals surface area contributed by atoms with E-state index < -0.39 is 29.8 Å². The number of alkyl carbamates (subject to hydrolysis) is 2. The van der Waals surface area contributed by atoms with Crippen LogP contribution in [0.25, 0.3) is 0 Å². The molecule has 2 amide bonds. The monoisotopic (exact) mass is 380 g/mol. The minimum Gasteiger partial charge on any atom is -0.480 e. The molecule has 8 nitrogen and oxygen atoms in total. The van der Waals surface area contributed by atoms with E-state index in [9.17, 15) is 19.5 Å². The summed E-state index contributed by atoms with van der Waals surface area (Å²) in [7, 11) is 0. The maximum Gasteiger partial charge on any atom is 0.408 e. The second-order valence-electron chi connectivity index (χ2n) is 7.02. The Morgan fingerprint density at radius 3 is 2.33 bits per heavy atom. The van der Waals surface area contributed by atoms with Crippen LogP contribution in [-0.4, -0.2) is 41.4 Å². The molecular formula is C19H28N2O6. The number of rotatable bonds is 9. The van der Waals surface area contributed by atoms with Crippen molar-refractivity contribution in [3.05, 3.63) is 35.9 Å². The van der Waals surface area contributed by atoms with Crippen LogP contribution in [0, 0.1) is 0 Å². The lowest BCUT2D eigenvalue weighted by atomic mass is 10.1. The molecule has 0 aliphatic rings. The van der Waals surface area contributed by atoms with Crippen molar-refractivity contribution in [3.8, 4) is 0 Å². The summed E-state index contributed by atoms with van der Waals surface area (Å²) < 4.78 is 10.1. The number of aliphatic carboxylic acids is 1. The Morgan fingerprint density at radius 1 is 1.07 bits per heavy atom. The molecule has 0 unspecified atom stereocenters. The standard InChI is InChI=1S/C19H28N2O6/c1-19(2,3)27-18(25)21-15(16(22)23)11-7-8-12-20-17(24)26-13-14-9-5-4-6-10-14/h4-6,9-10,15H,7-8,11-13H2,1-3H3,(H,20,24)(H,21,25)(H,22,23)/t15-/m1/s1. The van der Waals surface area contributed by atoms with Crippen LogP contribution in [0.1, 0.15) is 45.6 Å². The molecule has 0 heterocycles. The minimum atomic E-state index is -1.13. The van der Waals surface area contributed by atoms with Crippen LogP contribution >= 0.6 is 0 Å². The van der Waals surface area contributed by atoms with Gasteiger partial charge in [-0.15, -0.1) is 0 Å². The summed E-state index contributed by atoms with van der Waals surface area (Å²) in [5.74, 6) is -1.13. The average molecular weight is 380 g/mol. The van der Waals surface area contributed by atoms with E-state index in [0.29, 0.717) is 19.4 Å². The summed E-state index contributed by atoms with van der Waals surface area (Å²) in [6.45, 7) is 5.64. The van der Waals surface area contributed by atoms with Gasteiger partial charge in [0.05, 0.1) is 0 Å². The van der Waals surface area contributed by atoms with Crippen LogP contribution in [0.4, 0.5) is 9.59 Å². The Kier molecular flexibility index (Phi) is 9.12. The van der Waals surface area contributed by atoms with Gasteiger partial charge in [0.25, 0.3) is 0 Å². The van der Waals surface area contributed by atoms with Gasteiger partial charge in [-0.2, -0.15) is 0 Å². The molecule has 3 N–H and O–H groups in total. The van der Waals surface area contributed by atoms with Gasteiger partial charge >= 0.3 is 18.2 Å². The first-order valence-corrected chi connectivity index (χ1v) is 8.84.